The summed E-state index contributed by atoms with van der Waals surface area (Å²) >= 11 is 0. The third kappa shape index (κ3) is 4.35. The standard InChI is InChI=1S/C17H23N3/c1-15(2)14-18-12-7-6-10-17-11-13-19-20(17)16-8-4-3-5-9-16/h3-6,8-11,13,15,18H,7,12,14H2,1-2H3/b10-6+. The van der Waals surface area contributed by atoms with Gasteiger partial charge >= 0.3 is 0 Å². The Hall–Kier alpha value is -1.87. The molecule has 20 heavy (non-hydrogen) atoms. The minimum absolute atomic E-state index is 0.707. The summed E-state index contributed by atoms with van der Waals surface area (Å²) in [6, 6.07) is 12.2. The second-order valence-electron chi connectivity index (χ2n) is 5.29. The number of hydrogen-bond donors (Lipinski definition) is 1. The lowest BCUT2D eigenvalue weighted by atomic mass is 10.2. The third-order valence-corrected chi connectivity index (χ3v) is 3.00. The Morgan fingerprint density at radius 2 is 2.00 bits per heavy atom. The van der Waals surface area contributed by atoms with Gasteiger partial charge in [-0.15, -0.1) is 0 Å². The predicted molar refractivity (Wildman–Crippen MR) is 84.9 cm³/mol. The molecule has 1 heterocycles. The van der Waals surface area contributed by atoms with Crippen LogP contribution in [0.15, 0.2) is 48.7 Å². The molecule has 0 saturated carbocycles. The van der Waals surface area contributed by atoms with Crippen LogP contribution in [-0.4, -0.2) is 22.9 Å². The van der Waals surface area contributed by atoms with Crippen molar-refractivity contribution in [2.24, 2.45) is 5.92 Å². The molecular weight excluding hydrogens is 246 g/mol. The molecule has 106 valence electrons. The van der Waals surface area contributed by atoms with E-state index >= 15 is 0 Å². The van der Waals surface area contributed by atoms with E-state index in [0.29, 0.717) is 5.92 Å². The molecule has 0 bridgehead atoms. The molecule has 0 aliphatic carbocycles. The summed E-state index contributed by atoms with van der Waals surface area (Å²) in [6.45, 7) is 6.55. The molecule has 0 atom stereocenters. The van der Waals surface area contributed by atoms with Crippen LogP contribution in [0.3, 0.4) is 0 Å². The van der Waals surface area contributed by atoms with Gasteiger partial charge in [-0.1, -0.05) is 38.1 Å². The van der Waals surface area contributed by atoms with Gasteiger partial charge in [0, 0.05) is 0 Å². The average molecular weight is 269 g/mol. The molecule has 1 aromatic heterocycles. The van der Waals surface area contributed by atoms with Crippen molar-refractivity contribution in [1.82, 2.24) is 15.1 Å². The van der Waals surface area contributed by atoms with E-state index in [4.69, 9.17) is 0 Å². The van der Waals surface area contributed by atoms with E-state index < -0.39 is 0 Å². The first-order valence-corrected chi connectivity index (χ1v) is 7.24. The zero-order chi connectivity index (χ0) is 14.2. The van der Waals surface area contributed by atoms with E-state index in [0.717, 1.165) is 30.9 Å². The first-order chi connectivity index (χ1) is 9.77. The lowest BCUT2D eigenvalue weighted by molar-refractivity contribution is 0.557. The summed E-state index contributed by atoms with van der Waals surface area (Å²) < 4.78 is 1.96. The maximum atomic E-state index is 4.37. The molecule has 0 fully saturated rings. The molecule has 0 radical (unpaired) electrons. The van der Waals surface area contributed by atoms with Crippen LogP contribution in [0.2, 0.25) is 0 Å². The maximum Gasteiger partial charge on any atom is 0.0665 e. The first-order valence-electron chi connectivity index (χ1n) is 7.24. The van der Waals surface area contributed by atoms with Crippen molar-refractivity contribution in [3.63, 3.8) is 0 Å². The molecule has 0 spiro atoms. The minimum Gasteiger partial charge on any atom is -0.316 e. The Morgan fingerprint density at radius 1 is 1.20 bits per heavy atom. The van der Waals surface area contributed by atoms with Crippen LogP contribution in [-0.2, 0) is 0 Å². The molecule has 2 aromatic rings. The van der Waals surface area contributed by atoms with Crippen LogP contribution >= 0.6 is 0 Å². The highest BCUT2D eigenvalue weighted by Crippen LogP contribution is 2.11. The molecule has 0 amide bonds. The number of rotatable bonds is 7. The van der Waals surface area contributed by atoms with E-state index in [1.165, 1.54) is 0 Å². The Morgan fingerprint density at radius 3 is 2.75 bits per heavy atom. The third-order valence-electron chi connectivity index (χ3n) is 3.00. The van der Waals surface area contributed by atoms with Crippen LogP contribution in [0.4, 0.5) is 0 Å². The Labute approximate surface area is 121 Å². The molecule has 2 rings (SSSR count). The molecule has 3 nitrogen and oxygen atoms in total. The van der Waals surface area contributed by atoms with Gasteiger partial charge in [0.15, 0.2) is 0 Å². The van der Waals surface area contributed by atoms with Gasteiger partial charge in [-0.2, -0.15) is 5.10 Å². The van der Waals surface area contributed by atoms with Gasteiger partial charge in [-0.05, 0) is 49.7 Å². The van der Waals surface area contributed by atoms with Gasteiger partial charge in [-0.3, -0.25) is 0 Å². The van der Waals surface area contributed by atoms with Crippen molar-refractivity contribution in [2.45, 2.75) is 20.3 Å². The van der Waals surface area contributed by atoms with Crippen molar-refractivity contribution < 1.29 is 0 Å². The van der Waals surface area contributed by atoms with Gasteiger partial charge in [0.1, 0.15) is 0 Å². The second-order valence-corrected chi connectivity index (χ2v) is 5.29. The van der Waals surface area contributed by atoms with E-state index in [1.807, 2.05) is 35.1 Å². The SMILES string of the molecule is CC(C)CNCC/C=C/c1ccnn1-c1ccccc1. The maximum absolute atomic E-state index is 4.37. The topological polar surface area (TPSA) is 29.9 Å². The fraction of sp³-hybridized carbons (Fsp3) is 0.353. The fourth-order valence-corrected chi connectivity index (χ4v) is 2.00. The highest BCUT2D eigenvalue weighted by Gasteiger charge is 2.00. The number of nitrogens with one attached hydrogen (secondary N) is 1. The molecule has 3 heteroatoms. The quantitative estimate of drug-likeness (QED) is 0.779. The molecule has 0 unspecified atom stereocenters. The summed E-state index contributed by atoms with van der Waals surface area (Å²) in [5.41, 5.74) is 2.20. The number of aromatic nitrogens is 2. The summed E-state index contributed by atoms with van der Waals surface area (Å²) in [6.07, 6.45) is 7.21. The van der Waals surface area contributed by atoms with Gasteiger partial charge in [0.25, 0.3) is 0 Å². The number of hydrogen-bond acceptors (Lipinski definition) is 2. The molecule has 0 aliphatic rings. The van der Waals surface area contributed by atoms with Gasteiger partial charge in [0.05, 0.1) is 17.6 Å². The normalized spacial score (nSPS) is 11.6. The number of para-hydroxylation sites is 1. The van der Waals surface area contributed by atoms with Crippen LogP contribution in [0.5, 0.6) is 0 Å². The summed E-state index contributed by atoms with van der Waals surface area (Å²) in [5.74, 6) is 0.707. The average Bonchev–Trinajstić information content (AvgIpc) is 2.92. The van der Waals surface area contributed by atoms with Crippen molar-refractivity contribution in [2.75, 3.05) is 13.1 Å². The zero-order valence-corrected chi connectivity index (χ0v) is 12.3. The predicted octanol–water partition coefficient (Wildman–Crippen LogP) is 3.52. The minimum atomic E-state index is 0.707. The van der Waals surface area contributed by atoms with Crippen LogP contribution in [0, 0.1) is 5.92 Å². The summed E-state index contributed by atoms with van der Waals surface area (Å²) in [7, 11) is 0. The van der Waals surface area contributed by atoms with Crippen LogP contribution in [0.25, 0.3) is 11.8 Å². The van der Waals surface area contributed by atoms with E-state index in [-0.39, 0.29) is 0 Å². The van der Waals surface area contributed by atoms with Gasteiger partial charge in [-0.25, -0.2) is 4.68 Å². The van der Waals surface area contributed by atoms with Crippen LogP contribution in [0.1, 0.15) is 26.0 Å². The number of benzene rings is 1. The molecule has 1 aromatic carbocycles. The lowest BCUT2D eigenvalue weighted by Crippen LogP contribution is -2.20. The van der Waals surface area contributed by atoms with Crippen molar-refractivity contribution in [3.05, 3.63) is 54.4 Å². The molecular formula is C17H23N3. The van der Waals surface area contributed by atoms with Gasteiger partial charge in [0.2, 0.25) is 0 Å². The monoisotopic (exact) mass is 269 g/mol. The van der Waals surface area contributed by atoms with Crippen molar-refractivity contribution in [1.29, 1.82) is 0 Å². The van der Waals surface area contributed by atoms with E-state index in [2.05, 4.69) is 48.5 Å². The Bertz CT molecular complexity index is 526. The summed E-state index contributed by atoms with van der Waals surface area (Å²) in [5, 5.41) is 7.81. The van der Waals surface area contributed by atoms with Crippen LogP contribution < -0.4 is 5.32 Å². The highest BCUT2D eigenvalue weighted by atomic mass is 15.3. The van der Waals surface area contributed by atoms with Gasteiger partial charge < -0.3 is 5.32 Å². The van der Waals surface area contributed by atoms with E-state index in [9.17, 15) is 0 Å². The first kappa shape index (κ1) is 14.5. The lowest BCUT2D eigenvalue weighted by Gasteiger charge is -2.05. The highest BCUT2D eigenvalue weighted by molar-refractivity contribution is 5.48. The summed E-state index contributed by atoms with van der Waals surface area (Å²) in [4.78, 5) is 0. The zero-order valence-electron chi connectivity index (χ0n) is 12.3. The second kappa shape index (κ2) is 7.65. The van der Waals surface area contributed by atoms with E-state index in [1.54, 1.807) is 0 Å². The Balaban J connectivity index is 1.89. The Kier molecular flexibility index (Phi) is 5.56. The largest absolute Gasteiger partial charge is 0.316 e. The molecule has 1 N–H and O–H groups in total. The molecule has 0 saturated heterocycles. The fourth-order valence-electron chi connectivity index (χ4n) is 2.00. The van der Waals surface area contributed by atoms with Crippen molar-refractivity contribution in [3.8, 4) is 5.69 Å². The van der Waals surface area contributed by atoms with Crippen molar-refractivity contribution >= 4 is 6.08 Å². The number of nitrogens with zero attached hydrogens (tertiary/aromatic N) is 2. The molecule has 0 aliphatic heterocycles. The smallest absolute Gasteiger partial charge is 0.0665 e.